The minimum atomic E-state index is -0.754. The Kier molecular flexibility index (Phi) is 9.37. The lowest BCUT2D eigenvalue weighted by molar-refractivity contribution is 0.259. The first kappa shape index (κ1) is 30.2. The molecule has 1 aliphatic heterocycles. The summed E-state index contributed by atoms with van der Waals surface area (Å²) in [5.41, 5.74) is 7.71. The molecule has 5 rings (SSSR count). The van der Waals surface area contributed by atoms with Crippen molar-refractivity contribution in [1.29, 1.82) is 0 Å². The van der Waals surface area contributed by atoms with Gasteiger partial charge in [0.15, 0.2) is 0 Å². The van der Waals surface area contributed by atoms with Crippen LogP contribution in [0.2, 0.25) is 0 Å². The van der Waals surface area contributed by atoms with Gasteiger partial charge in [-0.05, 0) is 42.7 Å². The van der Waals surface area contributed by atoms with Gasteiger partial charge in [-0.25, -0.2) is 13.6 Å². The largest absolute Gasteiger partial charge is 0.496 e. The highest BCUT2D eigenvalue weighted by molar-refractivity contribution is 5.50. The van der Waals surface area contributed by atoms with Gasteiger partial charge in [-0.2, -0.15) is 0 Å². The van der Waals surface area contributed by atoms with Crippen LogP contribution in [-0.2, 0) is 19.5 Å². The van der Waals surface area contributed by atoms with Crippen molar-refractivity contribution in [2.24, 2.45) is 5.73 Å². The Labute approximate surface area is 249 Å². The number of rotatable bonds is 10. The molecule has 0 bridgehead atoms. The molecule has 0 amide bonds. The second kappa shape index (κ2) is 13.4. The van der Waals surface area contributed by atoms with Gasteiger partial charge in [0.2, 0.25) is 0 Å². The Hall–Kier alpha value is -4.28. The lowest BCUT2D eigenvalue weighted by Crippen LogP contribution is -2.52. The monoisotopic (exact) mass is 589 g/mol. The summed E-state index contributed by atoms with van der Waals surface area (Å²) in [6, 6.07) is 20.1. The number of benzene rings is 3. The fraction of sp³-hybridized carbons (Fsp3) is 0.333. The van der Waals surface area contributed by atoms with E-state index in [2.05, 4.69) is 11.0 Å². The van der Waals surface area contributed by atoms with E-state index in [1.165, 1.54) is 10.6 Å². The maximum atomic E-state index is 14.7. The maximum absolute atomic E-state index is 14.7. The standard InChI is InChI=1S/C33H37F2N5O3/c1-23-31(38-19-17-37(18-20-38)16-15-25-11-6-7-14-30(25)43-2)32(41)40(22-29(36)24-9-4-3-5-10-24)33(42)39(23)21-26-27(34)12-8-13-28(26)35/h3-14,29H,15-22,36H2,1-2H3. The molecule has 4 aromatic rings. The molecule has 1 saturated heterocycles. The Bertz CT molecular complexity index is 1660. The number of ether oxygens (including phenoxy) is 1. The van der Waals surface area contributed by atoms with Crippen LogP contribution < -0.4 is 26.6 Å². The van der Waals surface area contributed by atoms with E-state index in [4.69, 9.17) is 10.5 Å². The van der Waals surface area contributed by atoms with E-state index in [9.17, 15) is 18.4 Å². The van der Waals surface area contributed by atoms with E-state index >= 15 is 0 Å². The predicted octanol–water partition coefficient (Wildman–Crippen LogP) is 3.72. The van der Waals surface area contributed by atoms with Gasteiger partial charge in [-0.1, -0.05) is 54.6 Å². The number of nitrogens with two attached hydrogens (primary N) is 1. The molecule has 10 heteroatoms. The molecule has 0 radical (unpaired) electrons. The van der Waals surface area contributed by atoms with E-state index in [1.54, 1.807) is 14.0 Å². The number of hydrogen-bond acceptors (Lipinski definition) is 6. The van der Waals surface area contributed by atoms with E-state index in [1.807, 2.05) is 53.4 Å². The average molecular weight is 590 g/mol. The second-order valence-corrected chi connectivity index (χ2v) is 10.8. The zero-order valence-electron chi connectivity index (χ0n) is 24.5. The fourth-order valence-corrected chi connectivity index (χ4v) is 5.72. The van der Waals surface area contributed by atoms with Crippen molar-refractivity contribution < 1.29 is 13.5 Å². The quantitative estimate of drug-likeness (QED) is 0.304. The molecule has 0 saturated carbocycles. The summed E-state index contributed by atoms with van der Waals surface area (Å²) in [5, 5.41) is 0. The Balaban J connectivity index is 1.44. The summed E-state index contributed by atoms with van der Waals surface area (Å²) in [4.78, 5) is 32.0. The highest BCUT2D eigenvalue weighted by atomic mass is 19.1. The zero-order chi connectivity index (χ0) is 30.5. The molecule has 1 fully saturated rings. The lowest BCUT2D eigenvalue weighted by Gasteiger charge is -2.37. The summed E-state index contributed by atoms with van der Waals surface area (Å²) >= 11 is 0. The highest BCUT2D eigenvalue weighted by Gasteiger charge is 2.26. The third-order valence-corrected chi connectivity index (χ3v) is 8.22. The zero-order valence-corrected chi connectivity index (χ0v) is 24.5. The molecule has 43 heavy (non-hydrogen) atoms. The van der Waals surface area contributed by atoms with Crippen LogP contribution in [0.3, 0.4) is 0 Å². The number of aromatic nitrogens is 2. The number of halogens is 2. The van der Waals surface area contributed by atoms with E-state index in [-0.39, 0.29) is 18.7 Å². The van der Waals surface area contributed by atoms with E-state index in [0.717, 1.165) is 46.5 Å². The lowest BCUT2D eigenvalue weighted by atomic mass is 10.1. The van der Waals surface area contributed by atoms with Crippen molar-refractivity contribution in [3.05, 3.63) is 128 Å². The first-order chi connectivity index (χ1) is 20.8. The van der Waals surface area contributed by atoms with Gasteiger partial charge < -0.3 is 15.4 Å². The number of nitrogens with zero attached hydrogens (tertiary/aromatic N) is 4. The number of methoxy groups -OCH3 is 1. The third kappa shape index (κ3) is 6.55. The van der Waals surface area contributed by atoms with Crippen LogP contribution in [-0.4, -0.2) is 53.9 Å². The number of piperazine rings is 1. The van der Waals surface area contributed by atoms with Crippen LogP contribution >= 0.6 is 0 Å². The summed E-state index contributed by atoms with van der Waals surface area (Å²) in [7, 11) is 1.67. The molecular weight excluding hydrogens is 552 g/mol. The molecule has 8 nitrogen and oxygen atoms in total. The molecule has 1 aromatic heterocycles. The summed E-state index contributed by atoms with van der Waals surface area (Å²) in [6.07, 6.45) is 0.826. The molecular formula is C33H37F2N5O3. The Morgan fingerprint density at radius 3 is 2.19 bits per heavy atom. The van der Waals surface area contributed by atoms with Gasteiger partial charge >= 0.3 is 5.69 Å². The van der Waals surface area contributed by atoms with Gasteiger partial charge in [0, 0.05) is 50.0 Å². The SMILES string of the molecule is COc1ccccc1CCN1CCN(c2c(C)n(Cc3c(F)cccc3F)c(=O)n(CC(N)c3ccccc3)c2=O)CC1. The van der Waals surface area contributed by atoms with Gasteiger partial charge in [-0.3, -0.25) is 18.8 Å². The molecule has 1 atom stereocenters. The molecule has 2 N–H and O–H groups in total. The van der Waals surface area contributed by atoms with Crippen LogP contribution in [0.25, 0.3) is 0 Å². The van der Waals surface area contributed by atoms with Gasteiger partial charge in [-0.15, -0.1) is 0 Å². The van der Waals surface area contributed by atoms with Crippen LogP contribution in [0.4, 0.5) is 14.5 Å². The molecule has 1 unspecified atom stereocenters. The molecule has 3 aromatic carbocycles. The predicted molar refractivity (Wildman–Crippen MR) is 164 cm³/mol. The van der Waals surface area contributed by atoms with Gasteiger partial charge in [0.05, 0.1) is 20.2 Å². The van der Waals surface area contributed by atoms with Crippen LogP contribution in [0.15, 0.2) is 82.4 Å². The third-order valence-electron chi connectivity index (χ3n) is 8.22. The minimum Gasteiger partial charge on any atom is -0.496 e. The van der Waals surface area contributed by atoms with Crippen LogP contribution in [0, 0.1) is 18.6 Å². The van der Waals surface area contributed by atoms with E-state index in [0.29, 0.717) is 37.6 Å². The smallest absolute Gasteiger partial charge is 0.331 e. The first-order valence-corrected chi connectivity index (χ1v) is 14.4. The van der Waals surface area contributed by atoms with Crippen molar-refractivity contribution in [3.8, 4) is 5.75 Å². The summed E-state index contributed by atoms with van der Waals surface area (Å²) in [6.45, 7) is 4.58. The number of hydrogen-bond donors (Lipinski definition) is 1. The van der Waals surface area contributed by atoms with E-state index < -0.39 is 28.9 Å². The molecule has 0 aliphatic carbocycles. The summed E-state index contributed by atoms with van der Waals surface area (Å²) in [5.74, 6) is -0.648. The average Bonchev–Trinajstić information content (AvgIpc) is 3.02. The van der Waals surface area contributed by atoms with Crippen LogP contribution in [0.5, 0.6) is 5.75 Å². The highest BCUT2D eigenvalue weighted by Crippen LogP contribution is 2.22. The fourth-order valence-electron chi connectivity index (χ4n) is 5.72. The molecule has 1 aliphatic rings. The van der Waals surface area contributed by atoms with Crippen molar-refractivity contribution in [2.75, 3.05) is 44.7 Å². The number of para-hydroxylation sites is 1. The van der Waals surface area contributed by atoms with Crippen LogP contribution in [0.1, 0.15) is 28.4 Å². The first-order valence-electron chi connectivity index (χ1n) is 14.4. The Morgan fingerprint density at radius 1 is 0.860 bits per heavy atom. The van der Waals surface area contributed by atoms with Crippen molar-refractivity contribution in [2.45, 2.75) is 32.5 Å². The minimum absolute atomic E-state index is 0.0758. The van der Waals surface area contributed by atoms with Gasteiger partial charge in [0.1, 0.15) is 23.1 Å². The molecule has 226 valence electrons. The normalized spacial score (nSPS) is 14.6. The maximum Gasteiger partial charge on any atom is 0.331 e. The van der Waals surface area contributed by atoms with Gasteiger partial charge in [0.25, 0.3) is 5.56 Å². The van der Waals surface area contributed by atoms with Crippen molar-refractivity contribution in [3.63, 3.8) is 0 Å². The molecule has 0 spiro atoms. The molecule has 2 heterocycles. The van der Waals surface area contributed by atoms with Crippen molar-refractivity contribution in [1.82, 2.24) is 14.0 Å². The second-order valence-electron chi connectivity index (χ2n) is 10.8. The number of anilines is 1. The Morgan fingerprint density at radius 2 is 1.51 bits per heavy atom. The topological polar surface area (TPSA) is 85.7 Å². The summed E-state index contributed by atoms with van der Waals surface area (Å²) < 4.78 is 37.2. The van der Waals surface area contributed by atoms with Crippen molar-refractivity contribution >= 4 is 5.69 Å².